The van der Waals surface area contributed by atoms with Crippen LogP contribution in [0.3, 0.4) is 0 Å². The van der Waals surface area contributed by atoms with Crippen molar-refractivity contribution in [3.8, 4) is 6.07 Å². The first kappa shape index (κ1) is 25.4. The predicted molar refractivity (Wildman–Crippen MR) is 130 cm³/mol. The Labute approximate surface area is 210 Å². The van der Waals surface area contributed by atoms with Gasteiger partial charge in [-0.15, -0.1) is 0 Å². The fourth-order valence-electron chi connectivity index (χ4n) is 5.25. The van der Waals surface area contributed by atoms with Crippen LogP contribution in [0.15, 0.2) is 24.3 Å². The molecule has 0 radical (unpaired) electrons. The van der Waals surface area contributed by atoms with E-state index in [2.05, 4.69) is 11.4 Å². The van der Waals surface area contributed by atoms with Crippen molar-refractivity contribution in [2.45, 2.75) is 69.8 Å². The molecular weight excluding hydrogens is 464 g/mol. The fourth-order valence-corrected chi connectivity index (χ4v) is 5.25. The SMILES string of the molecule is CC(C)(C)OC(=O)N[C@@H](CN1C[C@@H]2C[C@H]1C(=O)N2c1cccc(C(N)=O)c1)C(=O)N1CCC[C@H]1C#N. The molecule has 0 spiro atoms. The number of carbonyl (C=O) groups is 4. The van der Waals surface area contributed by atoms with Crippen molar-refractivity contribution < 1.29 is 23.9 Å². The number of nitriles is 1. The largest absolute Gasteiger partial charge is 0.444 e. The number of alkyl carbamates (subject to hydrolysis) is 1. The lowest BCUT2D eigenvalue weighted by Crippen LogP contribution is -2.59. The van der Waals surface area contributed by atoms with Crippen LogP contribution in [0.5, 0.6) is 0 Å². The number of rotatable bonds is 6. The predicted octanol–water partition coefficient (Wildman–Crippen LogP) is 0.983. The molecule has 11 nitrogen and oxygen atoms in total. The summed E-state index contributed by atoms with van der Waals surface area (Å²) in [6.45, 7) is 6.26. The van der Waals surface area contributed by atoms with Crippen molar-refractivity contribution in [3.05, 3.63) is 29.8 Å². The lowest BCUT2D eigenvalue weighted by atomic mass is 10.1. The fraction of sp³-hybridized carbons (Fsp3) is 0.560. The van der Waals surface area contributed by atoms with Gasteiger partial charge in [-0.05, 0) is 58.2 Å². The minimum atomic E-state index is -0.965. The minimum absolute atomic E-state index is 0.120. The van der Waals surface area contributed by atoms with Crippen LogP contribution in [0.2, 0.25) is 0 Å². The Morgan fingerprint density at radius 2 is 2.06 bits per heavy atom. The topological polar surface area (TPSA) is 149 Å². The van der Waals surface area contributed by atoms with E-state index in [1.54, 1.807) is 49.9 Å². The van der Waals surface area contributed by atoms with Crippen molar-refractivity contribution in [1.29, 1.82) is 5.26 Å². The van der Waals surface area contributed by atoms with E-state index < -0.39 is 35.7 Å². The first-order chi connectivity index (χ1) is 17.0. The van der Waals surface area contributed by atoms with Gasteiger partial charge < -0.3 is 25.6 Å². The number of likely N-dealkylation sites (tertiary alicyclic amines) is 2. The van der Waals surface area contributed by atoms with Gasteiger partial charge in [-0.1, -0.05) is 6.07 Å². The maximum absolute atomic E-state index is 13.4. The van der Waals surface area contributed by atoms with Crippen LogP contribution in [0, 0.1) is 11.3 Å². The molecule has 4 rings (SSSR count). The molecule has 4 amide bonds. The molecule has 11 heteroatoms. The van der Waals surface area contributed by atoms with E-state index in [0.717, 1.165) is 6.42 Å². The molecule has 0 aliphatic carbocycles. The van der Waals surface area contributed by atoms with Crippen LogP contribution in [0.25, 0.3) is 0 Å². The molecule has 1 aromatic rings. The van der Waals surface area contributed by atoms with Gasteiger partial charge in [0.1, 0.15) is 17.7 Å². The van der Waals surface area contributed by atoms with Gasteiger partial charge in [0.05, 0.1) is 18.2 Å². The normalized spacial score (nSPS) is 24.5. The molecule has 4 atom stereocenters. The molecule has 3 saturated heterocycles. The Hall–Kier alpha value is -3.65. The smallest absolute Gasteiger partial charge is 0.408 e. The summed E-state index contributed by atoms with van der Waals surface area (Å²) in [6.07, 6.45) is 1.15. The first-order valence-corrected chi connectivity index (χ1v) is 12.1. The molecule has 3 aliphatic rings. The van der Waals surface area contributed by atoms with Crippen molar-refractivity contribution in [2.24, 2.45) is 5.73 Å². The third-order valence-corrected chi connectivity index (χ3v) is 6.77. The highest BCUT2D eigenvalue weighted by Gasteiger charge is 2.51. The number of anilines is 1. The summed E-state index contributed by atoms with van der Waals surface area (Å²) in [7, 11) is 0. The Kier molecular flexibility index (Phi) is 6.91. The van der Waals surface area contributed by atoms with E-state index in [0.29, 0.717) is 37.2 Å². The summed E-state index contributed by atoms with van der Waals surface area (Å²) < 4.78 is 5.37. The molecule has 3 N–H and O–H groups in total. The van der Waals surface area contributed by atoms with Crippen molar-refractivity contribution in [3.63, 3.8) is 0 Å². The molecule has 3 heterocycles. The van der Waals surface area contributed by atoms with Crippen LogP contribution in [0.1, 0.15) is 50.4 Å². The maximum Gasteiger partial charge on any atom is 0.408 e. The zero-order valence-corrected chi connectivity index (χ0v) is 20.8. The zero-order chi connectivity index (χ0) is 26.2. The number of amides is 4. The van der Waals surface area contributed by atoms with Gasteiger partial charge >= 0.3 is 6.09 Å². The summed E-state index contributed by atoms with van der Waals surface area (Å²) >= 11 is 0. The number of carbonyl (C=O) groups excluding carboxylic acids is 4. The third kappa shape index (κ3) is 5.14. The van der Waals surface area contributed by atoms with Gasteiger partial charge in [0.15, 0.2) is 0 Å². The zero-order valence-electron chi connectivity index (χ0n) is 20.8. The van der Waals surface area contributed by atoms with Gasteiger partial charge in [-0.3, -0.25) is 19.3 Å². The van der Waals surface area contributed by atoms with E-state index in [1.165, 1.54) is 4.90 Å². The Morgan fingerprint density at radius 1 is 1.31 bits per heavy atom. The number of primary amides is 1. The molecule has 1 aromatic carbocycles. The molecule has 3 fully saturated rings. The number of benzene rings is 1. The van der Waals surface area contributed by atoms with Crippen LogP contribution in [-0.4, -0.2) is 83.0 Å². The maximum atomic E-state index is 13.4. The van der Waals surface area contributed by atoms with Gasteiger partial charge in [0, 0.05) is 30.9 Å². The number of nitrogens with one attached hydrogen (secondary N) is 1. The molecule has 36 heavy (non-hydrogen) atoms. The van der Waals surface area contributed by atoms with Crippen molar-refractivity contribution >= 4 is 29.5 Å². The quantitative estimate of drug-likeness (QED) is 0.596. The van der Waals surface area contributed by atoms with E-state index >= 15 is 0 Å². The number of hydrogen-bond donors (Lipinski definition) is 2. The highest BCUT2D eigenvalue weighted by Crippen LogP contribution is 2.36. The number of nitrogens with two attached hydrogens (primary N) is 1. The number of piperazine rings is 1. The van der Waals surface area contributed by atoms with Crippen LogP contribution < -0.4 is 16.0 Å². The highest BCUT2D eigenvalue weighted by molar-refractivity contribution is 6.02. The molecule has 3 aliphatic heterocycles. The molecule has 0 aromatic heterocycles. The lowest BCUT2D eigenvalue weighted by molar-refractivity contribution is -0.135. The Bertz CT molecular complexity index is 1110. The van der Waals surface area contributed by atoms with Gasteiger partial charge in [-0.2, -0.15) is 5.26 Å². The second kappa shape index (κ2) is 9.78. The van der Waals surface area contributed by atoms with Crippen molar-refractivity contribution in [2.75, 3.05) is 24.5 Å². The molecule has 2 bridgehead atoms. The second-order valence-electron chi connectivity index (χ2n) is 10.5. The van der Waals surface area contributed by atoms with E-state index in [9.17, 15) is 24.4 Å². The number of nitrogens with zero attached hydrogens (tertiary/aromatic N) is 4. The first-order valence-electron chi connectivity index (χ1n) is 12.1. The average Bonchev–Trinajstić information content (AvgIpc) is 3.51. The minimum Gasteiger partial charge on any atom is -0.444 e. The second-order valence-corrected chi connectivity index (χ2v) is 10.5. The summed E-state index contributed by atoms with van der Waals surface area (Å²) in [5.41, 5.74) is 5.58. The average molecular weight is 497 g/mol. The monoisotopic (exact) mass is 496 g/mol. The van der Waals surface area contributed by atoms with E-state index in [-0.39, 0.29) is 24.4 Å². The summed E-state index contributed by atoms with van der Waals surface area (Å²) in [5, 5.41) is 12.1. The number of fused-ring (bicyclic) bond motifs is 2. The standard InChI is InChI=1S/C25H32N6O5/c1-25(2,3)36-24(35)28-19(22(33)30-9-5-8-17(30)12-26)14-29-13-18-11-20(29)23(34)31(18)16-7-4-6-15(10-16)21(27)32/h4,6-7,10,17-20H,5,8-9,11,13-14H2,1-3H3,(H2,27,32)(H,28,35)/t17-,18-,19-,20-/m0/s1. The Balaban J connectivity index is 1.50. The van der Waals surface area contributed by atoms with Gasteiger partial charge in [-0.25, -0.2) is 4.79 Å². The van der Waals surface area contributed by atoms with E-state index in [1.807, 2.05) is 4.90 Å². The van der Waals surface area contributed by atoms with Crippen LogP contribution in [-0.2, 0) is 14.3 Å². The molecule has 0 unspecified atom stereocenters. The Morgan fingerprint density at radius 3 is 2.69 bits per heavy atom. The van der Waals surface area contributed by atoms with Gasteiger partial charge in [0.25, 0.3) is 0 Å². The summed E-state index contributed by atoms with van der Waals surface area (Å²) in [4.78, 5) is 55.9. The number of ether oxygens (including phenoxy) is 1. The van der Waals surface area contributed by atoms with Gasteiger partial charge in [0.2, 0.25) is 17.7 Å². The number of hydrogen-bond acceptors (Lipinski definition) is 7. The molecular formula is C25H32N6O5. The molecule has 0 saturated carbocycles. The van der Waals surface area contributed by atoms with E-state index in [4.69, 9.17) is 10.5 Å². The third-order valence-electron chi connectivity index (χ3n) is 6.77. The summed E-state index contributed by atoms with van der Waals surface area (Å²) in [6, 6.07) is 6.72. The van der Waals surface area contributed by atoms with Crippen molar-refractivity contribution in [1.82, 2.24) is 15.1 Å². The van der Waals surface area contributed by atoms with Crippen LogP contribution >= 0.6 is 0 Å². The summed E-state index contributed by atoms with van der Waals surface area (Å²) in [5.74, 6) is -1.05. The van der Waals surface area contributed by atoms with Crippen LogP contribution in [0.4, 0.5) is 10.5 Å². The highest BCUT2D eigenvalue weighted by atomic mass is 16.6. The lowest BCUT2D eigenvalue weighted by Gasteiger charge is -2.36. The molecule has 192 valence electrons.